The summed E-state index contributed by atoms with van der Waals surface area (Å²) in [5.74, 6) is 0.788. The lowest BCUT2D eigenvalue weighted by atomic mass is 10.2. The van der Waals surface area contributed by atoms with Crippen molar-refractivity contribution in [3.8, 4) is 0 Å². The number of aliphatic imine (C=N–C) groups is 1. The van der Waals surface area contributed by atoms with Crippen LogP contribution in [0.2, 0.25) is 0 Å². The summed E-state index contributed by atoms with van der Waals surface area (Å²) >= 11 is 0. The fourth-order valence-corrected chi connectivity index (χ4v) is 2.92. The fourth-order valence-electron chi connectivity index (χ4n) is 2.92. The van der Waals surface area contributed by atoms with E-state index in [0.29, 0.717) is 25.0 Å². The van der Waals surface area contributed by atoms with Gasteiger partial charge in [0, 0.05) is 38.3 Å². The third-order valence-electron chi connectivity index (χ3n) is 4.47. The highest BCUT2D eigenvalue weighted by Crippen LogP contribution is 2.28. The van der Waals surface area contributed by atoms with Gasteiger partial charge in [-0.3, -0.25) is 9.79 Å². The van der Waals surface area contributed by atoms with E-state index < -0.39 is 0 Å². The molecule has 1 aromatic carbocycles. The summed E-state index contributed by atoms with van der Waals surface area (Å²) in [4.78, 5) is 20.7. The van der Waals surface area contributed by atoms with Crippen LogP contribution in [0.3, 0.4) is 0 Å². The van der Waals surface area contributed by atoms with Crippen LogP contribution in [0, 0.1) is 0 Å². The van der Waals surface area contributed by atoms with Crippen molar-refractivity contribution in [1.82, 2.24) is 4.90 Å². The van der Waals surface area contributed by atoms with Crippen LogP contribution in [-0.4, -0.2) is 42.9 Å². The molecule has 1 aliphatic carbocycles. The second kappa shape index (κ2) is 6.38. The molecule has 2 aliphatic rings. The normalized spacial score (nSPS) is 17.5. The van der Waals surface area contributed by atoms with E-state index in [0.717, 1.165) is 25.1 Å². The number of para-hydroxylation sites is 1. The Morgan fingerprint density at radius 2 is 2.18 bits per heavy atom. The molecule has 0 atom stereocenters. The zero-order valence-electron chi connectivity index (χ0n) is 13.2. The minimum atomic E-state index is 0.189. The van der Waals surface area contributed by atoms with Crippen LogP contribution in [0.5, 0.6) is 0 Å². The summed E-state index contributed by atoms with van der Waals surface area (Å²) in [6, 6.07) is 8.72. The van der Waals surface area contributed by atoms with Crippen LogP contribution in [-0.2, 0) is 11.2 Å². The maximum absolute atomic E-state index is 12.3. The van der Waals surface area contributed by atoms with Crippen molar-refractivity contribution in [2.75, 3.05) is 25.0 Å². The highest BCUT2D eigenvalue weighted by molar-refractivity contribution is 5.95. The first kappa shape index (κ1) is 14.9. The van der Waals surface area contributed by atoms with Crippen molar-refractivity contribution < 1.29 is 4.79 Å². The van der Waals surface area contributed by atoms with Gasteiger partial charge in [0.05, 0.1) is 0 Å². The van der Waals surface area contributed by atoms with E-state index in [9.17, 15) is 4.79 Å². The Balaban J connectivity index is 1.46. The van der Waals surface area contributed by atoms with Gasteiger partial charge >= 0.3 is 0 Å². The Morgan fingerprint density at radius 3 is 2.95 bits per heavy atom. The summed E-state index contributed by atoms with van der Waals surface area (Å²) in [6.07, 6.45) is 4.65. The molecule has 1 fully saturated rings. The molecular weight excluding hydrogens is 276 g/mol. The van der Waals surface area contributed by atoms with Gasteiger partial charge in [-0.05, 0) is 37.3 Å². The topological polar surface area (TPSA) is 61.9 Å². The number of rotatable bonds is 5. The Kier molecular flexibility index (Phi) is 4.32. The van der Waals surface area contributed by atoms with Crippen molar-refractivity contribution >= 4 is 17.6 Å². The second-order valence-corrected chi connectivity index (χ2v) is 6.11. The van der Waals surface area contributed by atoms with Gasteiger partial charge in [0.2, 0.25) is 5.91 Å². The maximum Gasteiger partial charge on any atom is 0.227 e. The molecular formula is C17H24N4O. The van der Waals surface area contributed by atoms with Gasteiger partial charge in [0.1, 0.15) is 0 Å². The Labute approximate surface area is 131 Å². The molecule has 2 N–H and O–H groups in total. The van der Waals surface area contributed by atoms with E-state index in [-0.39, 0.29) is 5.91 Å². The zero-order chi connectivity index (χ0) is 15.5. The second-order valence-electron chi connectivity index (χ2n) is 6.11. The molecule has 0 aromatic heterocycles. The SMILES string of the molecule is CN(C(N)=NCCCC(=O)N1CCc2ccccc21)C1CC1. The molecule has 1 saturated carbocycles. The molecule has 0 bridgehead atoms. The van der Waals surface area contributed by atoms with Gasteiger partial charge < -0.3 is 15.5 Å². The summed E-state index contributed by atoms with van der Waals surface area (Å²) in [6.45, 7) is 1.41. The monoisotopic (exact) mass is 300 g/mol. The first-order chi connectivity index (χ1) is 10.7. The first-order valence-electron chi connectivity index (χ1n) is 8.08. The molecule has 5 nitrogen and oxygen atoms in total. The highest BCUT2D eigenvalue weighted by atomic mass is 16.2. The predicted molar refractivity (Wildman–Crippen MR) is 89.0 cm³/mol. The molecule has 0 radical (unpaired) electrons. The van der Waals surface area contributed by atoms with E-state index in [1.807, 2.05) is 35.0 Å². The summed E-state index contributed by atoms with van der Waals surface area (Å²) in [7, 11) is 1.99. The summed E-state index contributed by atoms with van der Waals surface area (Å²) in [5.41, 5.74) is 8.28. The van der Waals surface area contributed by atoms with Gasteiger partial charge in [0.25, 0.3) is 0 Å². The standard InChI is InChI=1S/C17H24N4O/c1-20(14-8-9-14)17(18)19-11-4-7-16(22)21-12-10-13-5-2-3-6-15(13)21/h2-3,5-6,14H,4,7-12H2,1H3,(H2,18,19). The molecule has 1 aliphatic heterocycles. The maximum atomic E-state index is 12.3. The molecule has 118 valence electrons. The lowest BCUT2D eigenvalue weighted by Crippen LogP contribution is -2.35. The summed E-state index contributed by atoms with van der Waals surface area (Å²) in [5, 5.41) is 0. The molecule has 3 rings (SSSR count). The number of carbonyl (C=O) groups excluding carboxylic acids is 1. The number of amides is 1. The van der Waals surface area contributed by atoms with E-state index in [1.54, 1.807) is 0 Å². The number of guanidine groups is 1. The Bertz CT molecular complexity index is 580. The third kappa shape index (κ3) is 3.24. The number of fused-ring (bicyclic) bond motifs is 1. The van der Waals surface area contributed by atoms with Gasteiger partial charge in [-0.2, -0.15) is 0 Å². The zero-order valence-corrected chi connectivity index (χ0v) is 13.2. The fraction of sp³-hybridized carbons (Fsp3) is 0.529. The molecule has 0 saturated heterocycles. The quantitative estimate of drug-likeness (QED) is 0.512. The molecule has 1 amide bonds. The minimum absolute atomic E-state index is 0.189. The summed E-state index contributed by atoms with van der Waals surface area (Å²) < 4.78 is 0. The van der Waals surface area contributed by atoms with Crippen molar-refractivity contribution in [2.24, 2.45) is 10.7 Å². The van der Waals surface area contributed by atoms with E-state index in [1.165, 1.54) is 18.4 Å². The Morgan fingerprint density at radius 1 is 1.41 bits per heavy atom. The van der Waals surface area contributed by atoms with Crippen molar-refractivity contribution in [2.45, 2.75) is 38.1 Å². The number of nitrogens with zero attached hydrogens (tertiary/aromatic N) is 3. The molecule has 1 heterocycles. The van der Waals surface area contributed by atoms with Gasteiger partial charge in [-0.25, -0.2) is 0 Å². The van der Waals surface area contributed by atoms with Crippen LogP contribution >= 0.6 is 0 Å². The van der Waals surface area contributed by atoms with E-state index >= 15 is 0 Å². The largest absolute Gasteiger partial charge is 0.370 e. The lowest BCUT2D eigenvalue weighted by molar-refractivity contribution is -0.118. The molecule has 0 spiro atoms. The average Bonchev–Trinajstić information content (AvgIpc) is 3.29. The van der Waals surface area contributed by atoms with E-state index in [2.05, 4.69) is 11.1 Å². The smallest absolute Gasteiger partial charge is 0.227 e. The van der Waals surface area contributed by atoms with E-state index in [4.69, 9.17) is 5.73 Å². The molecule has 0 unspecified atom stereocenters. The van der Waals surface area contributed by atoms with Gasteiger partial charge in [-0.1, -0.05) is 18.2 Å². The van der Waals surface area contributed by atoms with Gasteiger partial charge in [-0.15, -0.1) is 0 Å². The van der Waals surface area contributed by atoms with Crippen molar-refractivity contribution in [1.29, 1.82) is 0 Å². The number of hydrogen-bond acceptors (Lipinski definition) is 2. The van der Waals surface area contributed by atoms with Crippen molar-refractivity contribution in [3.05, 3.63) is 29.8 Å². The number of nitrogens with two attached hydrogens (primary N) is 1. The van der Waals surface area contributed by atoms with Crippen LogP contribution in [0.25, 0.3) is 0 Å². The van der Waals surface area contributed by atoms with Crippen LogP contribution in [0.15, 0.2) is 29.3 Å². The highest BCUT2D eigenvalue weighted by Gasteiger charge is 2.27. The number of anilines is 1. The van der Waals surface area contributed by atoms with Gasteiger partial charge in [0.15, 0.2) is 5.96 Å². The van der Waals surface area contributed by atoms with Crippen LogP contribution in [0.4, 0.5) is 5.69 Å². The Hall–Kier alpha value is -2.04. The van der Waals surface area contributed by atoms with Crippen molar-refractivity contribution in [3.63, 3.8) is 0 Å². The molecule has 1 aromatic rings. The number of carbonyl (C=O) groups is 1. The third-order valence-corrected chi connectivity index (χ3v) is 4.47. The lowest BCUT2D eigenvalue weighted by Gasteiger charge is -2.18. The van der Waals surface area contributed by atoms with Crippen LogP contribution < -0.4 is 10.6 Å². The molecule has 5 heteroatoms. The van der Waals surface area contributed by atoms with Crippen LogP contribution in [0.1, 0.15) is 31.2 Å². The average molecular weight is 300 g/mol. The molecule has 22 heavy (non-hydrogen) atoms. The predicted octanol–water partition coefficient (Wildman–Crippen LogP) is 1.76. The number of hydrogen-bond donors (Lipinski definition) is 1. The first-order valence-corrected chi connectivity index (χ1v) is 8.08. The minimum Gasteiger partial charge on any atom is -0.370 e. The number of benzene rings is 1.